The Morgan fingerprint density at radius 3 is 2.29 bits per heavy atom. The highest BCUT2D eigenvalue weighted by Crippen LogP contribution is 2.30. The number of para-hydroxylation sites is 1. The standard InChI is InChI=1S/C22H16N2/c1-2-8-17-15(6-1)7-5-11-20(17)23-16-12-13-19-18-9-3-4-10-21(18)24-22(19)14-16/h1-14,23-24H. The quantitative estimate of drug-likeness (QED) is 0.398. The van der Waals surface area contributed by atoms with Gasteiger partial charge in [0.15, 0.2) is 0 Å². The third-order valence-corrected chi connectivity index (χ3v) is 4.57. The van der Waals surface area contributed by atoms with E-state index >= 15 is 0 Å². The lowest BCUT2D eigenvalue weighted by atomic mass is 10.1. The largest absolute Gasteiger partial charge is 0.355 e. The number of aromatic amines is 1. The highest BCUT2D eigenvalue weighted by Gasteiger charge is 2.05. The Labute approximate surface area is 139 Å². The SMILES string of the molecule is c1ccc2c(Nc3ccc4c(c3)[nH]c3ccccc34)cccc2c1. The molecule has 0 amide bonds. The maximum Gasteiger partial charge on any atom is 0.0485 e. The lowest BCUT2D eigenvalue weighted by Crippen LogP contribution is -1.91. The summed E-state index contributed by atoms with van der Waals surface area (Å²) in [6.07, 6.45) is 0. The lowest BCUT2D eigenvalue weighted by molar-refractivity contribution is 1.53. The van der Waals surface area contributed by atoms with Crippen LogP contribution in [-0.2, 0) is 0 Å². The first-order valence-electron chi connectivity index (χ1n) is 8.14. The first-order chi connectivity index (χ1) is 11.9. The van der Waals surface area contributed by atoms with Crippen LogP contribution in [-0.4, -0.2) is 4.98 Å². The van der Waals surface area contributed by atoms with Crippen molar-refractivity contribution in [1.29, 1.82) is 0 Å². The highest BCUT2D eigenvalue weighted by atomic mass is 14.9. The molecular formula is C22H16N2. The van der Waals surface area contributed by atoms with Gasteiger partial charge in [0.1, 0.15) is 0 Å². The summed E-state index contributed by atoms with van der Waals surface area (Å²) in [7, 11) is 0. The minimum absolute atomic E-state index is 1.09. The molecule has 1 aromatic heterocycles. The number of nitrogens with one attached hydrogen (secondary N) is 2. The Bertz CT molecular complexity index is 1180. The van der Waals surface area contributed by atoms with Gasteiger partial charge in [0.05, 0.1) is 0 Å². The molecule has 24 heavy (non-hydrogen) atoms. The van der Waals surface area contributed by atoms with Gasteiger partial charge in [0.25, 0.3) is 0 Å². The average molecular weight is 308 g/mol. The molecule has 2 N–H and O–H groups in total. The molecule has 0 radical (unpaired) electrons. The molecular weight excluding hydrogens is 292 g/mol. The average Bonchev–Trinajstić information content (AvgIpc) is 3.00. The fraction of sp³-hybridized carbons (Fsp3) is 0. The predicted octanol–water partition coefficient (Wildman–Crippen LogP) is 6.22. The summed E-state index contributed by atoms with van der Waals surface area (Å²) in [5, 5.41) is 8.57. The summed E-state index contributed by atoms with van der Waals surface area (Å²) in [5.74, 6) is 0. The zero-order chi connectivity index (χ0) is 15.9. The van der Waals surface area contributed by atoms with Gasteiger partial charge < -0.3 is 10.3 Å². The number of fused-ring (bicyclic) bond motifs is 4. The second-order valence-electron chi connectivity index (χ2n) is 6.08. The van der Waals surface area contributed by atoms with Crippen molar-refractivity contribution in [2.75, 3.05) is 5.32 Å². The number of rotatable bonds is 2. The highest BCUT2D eigenvalue weighted by molar-refractivity contribution is 6.08. The molecule has 2 nitrogen and oxygen atoms in total. The third-order valence-electron chi connectivity index (χ3n) is 4.57. The van der Waals surface area contributed by atoms with E-state index in [1.165, 1.54) is 27.1 Å². The van der Waals surface area contributed by atoms with Gasteiger partial charge in [-0.15, -0.1) is 0 Å². The van der Waals surface area contributed by atoms with Crippen LogP contribution >= 0.6 is 0 Å². The van der Waals surface area contributed by atoms with Gasteiger partial charge in [-0.3, -0.25) is 0 Å². The fourth-order valence-electron chi connectivity index (χ4n) is 3.42. The summed E-state index contributed by atoms with van der Waals surface area (Å²) >= 11 is 0. The molecule has 5 rings (SSSR count). The minimum Gasteiger partial charge on any atom is -0.355 e. The molecule has 0 spiro atoms. The normalized spacial score (nSPS) is 11.3. The van der Waals surface area contributed by atoms with Crippen molar-refractivity contribution in [1.82, 2.24) is 4.98 Å². The van der Waals surface area contributed by atoms with E-state index in [2.05, 4.69) is 95.2 Å². The Morgan fingerprint density at radius 1 is 0.583 bits per heavy atom. The van der Waals surface area contributed by atoms with Gasteiger partial charge >= 0.3 is 0 Å². The molecule has 0 aliphatic carbocycles. The molecule has 0 aliphatic heterocycles. The molecule has 0 bridgehead atoms. The maximum absolute atomic E-state index is 3.56. The number of aromatic nitrogens is 1. The first kappa shape index (κ1) is 13.2. The first-order valence-corrected chi connectivity index (χ1v) is 8.14. The third kappa shape index (κ3) is 2.04. The van der Waals surface area contributed by atoms with Crippen LogP contribution in [0.3, 0.4) is 0 Å². The van der Waals surface area contributed by atoms with Crippen molar-refractivity contribution in [3.8, 4) is 0 Å². The second kappa shape index (κ2) is 5.14. The van der Waals surface area contributed by atoms with E-state index in [0.29, 0.717) is 0 Å². The van der Waals surface area contributed by atoms with E-state index in [1.54, 1.807) is 0 Å². The summed E-state index contributed by atoms with van der Waals surface area (Å²) < 4.78 is 0. The summed E-state index contributed by atoms with van der Waals surface area (Å²) in [4.78, 5) is 3.50. The van der Waals surface area contributed by atoms with E-state index in [0.717, 1.165) is 16.9 Å². The number of hydrogen-bond donors (Lipinski definition) is 2. The van der Waals surface area contributed by atoms with Crippen molar-refractivity contribution >= 4 is 44.0 Å². The molecule has 4 aromatic carbocycles. The van der Waals surface area contributed by atoms with Gasteiger partial charge in [0.2, 0.25) is 0 Å². The fourth-order valence-corrected chi connectivity index (χ4v) is 3.42. The van der Waals surface area contributed by atoms with Crippen LogP contribution < -0.4 is 5.32 Å². The Hall–Kier alpha value is -3.26. The molecule has 0 atom stereocenters. The second-order valence-corrected chi connectivity index (χ2v) is 6.08. The van der Waals surface area contributed by atoms with Crippen LogP contribution in [0.2, 0.25) is 0 Å². The lowest BCUT2D eigenvalue weighted by Gasteiger charge is -2.10. The van der Waals surface area contributed by atoms with Crippen LogP contribution in [0.4, 0.5) is 11.4 Å². The van der Waals surface area contributed by atoms with E-state index in [1.807, 2.05) is 0 Å². The number of hydrogen-bond acceptors (Lipinski definition) is 1. The van der Waals surface area contributed by atoms with Crippen molar-refractivity contribution in [3.63, 3.8) is 0 Å². The van der Waals surface area contributed by atoms with Crippen LogP contribution in [0, 0.1) is 0 Å². The number of H-pyrrole nitrogens is 1. The summed E-state index contributed by atoms with van der Waals surface area (Å²) in [6.45, 7) is 0. The molecule has 0 aliphatic rings. The topological polar surface area (TPSA) is 27.8 Å². The predicted molar refractivity (Wildman–Crippen MR) is 103 cm³/mol. The molecule has 114 valence electrons. The van der Waals surface area contributed by atoms with Crippen LogP contribution in [0.15, 0.2) is 84.9 Å². The molecule has 0 saturated heterocycles. The zero-order valence-electron chi connectivity index (χ0n) is 13.1. The number of anilines is 2. The monoisotopic (exact) mass is 308 g/mol. The van der Waals surface area contributed by atoms with Gasteiger partial charge in [-0.1, -0.05) is 60.7 Å². The zero-order valence-corrected chi connectivity index (χ0v) is 13.1. The minimum atomic E-state index is 1.09. The van der Waals surface area contributed by atoms with Gasteiger partial charge in [-0.25, -0.2) is 0 Å². The molecule has 0 unspecified atom stereocenters. The molecule has 5 aromatic rings. The van der Waals surface area contributed by atoms with Crippen LogP contribution in [0.25, 0.3) is 32.6 Å². The Morgan fingerprint density at radius 2 is 1.33 bits per heavy atom. The molecule has 1 heterocycles. The van der Waals surface area contributed by atoms with E-state index in [4.69, 9.17) is 0 Å². The molecule has 0 fully saturated rings. The molecule has 0 saturated carbocycles. The Kier molecular flexibility index (Phi) is 2.83. The van der Waals surface area contributed by atoms with Crippen molar-refractivity contribution in [2.24, 2.45) is 0 Å². The summed E-state index contributed by atoms with van der Waals surface area (Å²) in [6, 6.07) is 29.7. The van der Waals surface area contributed by atoms with Crippen LogP contribution in [0.5, 0.6) is 0 Å². The van der Waals surface area contributed by atoms with Crippen molar-refractivity contribution in [3.05, 3.63) is 84.9 Å². The van der Waals surface area contributed by atoms with Crippen LogP contribution in [0.1, 0.15) is 0 Å². The van der Waals surface area contributed by atoms with Gasteiger partial charge in [-0.2, -0.15) is 0 Å². The number of benzene rings is 4. The Balaban J connectivity index is 1.62. The van der Waals surface area contributed by atoms with Crippen molar-refractivity contribution in [2.45, 2.75) is 0 Å². The van der Waals surface area contributed by atoms with Crippen molar-refractivity contribution < 1.29 is 0 Å². The van der Waals surface area contributed by atoms with E-state index in [9.17, 15) is 0 Å². The van der Waals surface area contributed by atoms with E-state index in [-0.39, 0.29) is 0 Å². The maximum atomic E-state index is 3.56. The molecule has 2 heteroatoms. The van der Waals surface area contributed by atoms with Gasteiger partial charge in [0, 0.05) is 38.6 Å². The summed E-state index contributed by atoms with van der Waals surface area (Å²) in [5.41, 5.74) is 4.55. The van der Waals surface area contributed by atoms with Gasteiger partial charge in [-0.05, 0) is 29.7 Å². The smallest absolute Gasteiger partial charge is 0.0485 e. The van der Waals surface area contributed by atoms with E-state index < -0.39 is 0 Å².